The lowest BCUT2D eigenvalue weighted by atomic mass is 10.1. The zero-order valence-electron chi connectivity index (χ0n) is 21.6. The van der Waals surface area contributed by atoms with Gasteiger partial charge in [0, 0.05) is 20.6 Å². The summed E-state index contributed by atoms with van der Waals surface area (Å²) in [5.74, 6) is -1.83. The number of benzene rings is 4. The number of hydrogen-bond donors (Lipinski definition) is 4. The van der Waals surface area contributed by atoms with E-state index in [4.69, 9.17) is 5.73 Å². The number of carbonyl (C=O) groups excluding carboxylic acids is 4. The van der Waals surface area contributed by atoms with Crippen LogP contribution in [0.4, 0.5) is 11.4 Å². The summed E-state index contributed by atoms with van der Waals surface area (Å²) >= 11 is 4.68. The predicted molar refractivity (Wildman–Crippen MR) is 165 cm³/mol. The summed E-state index contributed by atoms with van der Waals surface area (Å²) in [5, 5.41) is 8.24. The largest absolute Gasteiger partial charge is 0.366 e. The highest BCUT2D eigenvalue weighted by atomic mass is 79.9. The summed E-state index contributed by atoms with van der Waals surface area (Å²) in [5.41, 5.74) is 7.61. The molecule has 0 fully saturated rings. The van der Waals surface area contributed by atoms with E-state index in [1.807, 2.05) is 24.3 Å². The molecule has 0 spiro atoms. The van der Waals surface area contributed by atoms with Crippen LogP contribution in [-0.2, 0) is 9.59 Å². The zero-order chi connectivity index (χ0) is 29.2. The Labute approximate surface area is 249 Å². The molecule has 0 saturated carbocycles. The Morgan fingerprint density at radius 1 is 0.805 bits per heavy atom. The minimum atomic E-state index is -0.634. The Hall–Kier alpha value is -4.67. The number of nitrogens with two attached hydrogens (primary N) is 1. The number of anilines is 2. The van der Waals surface area contributed by atoms with Gasteiger partial charge in [-0.3, -0.25) is 19.2 Å². The molecule has 0 aromatic heterocycles. The molecule has 0 radical (unpaired) electrons. The van der Waals surface area contributed by atoms with E-state index in [9.17, 15) is 19.2 Å². The van der Waals surface area contributed by atoms with Gasteiger partial charge < -0.3 is 21.7 Å². The topological polar surface area (TPSA) is 130 Å². The second-order valence-electron chi connectivity index (χ2n) is 8.66. The molecule has 0 aliphatic carbocycles. The van der Waals surface area contributed by atoms with Crippen LogP contribution in [-0.4, -0.2) is 29.4 Å². The number of nitrogens with one attached hydrogen (secondary N) is 3. The Morgan fingerprint density at radius 3 is 2.29 bits per heavy atom. The monoisotopic (exact) mass is 628 g/mol. The maximum absolute atomic E-state index is 13.3. The molecular formula is C31H25BrN4O4S. The van der Waals surface area contributed by atoms with Crippen molar-refractivity contribution in [3.8, 4) is 0 Å². The maximum Gasteiger partial charge on any atom is 0.272 e. The van der Waals surface area contributed by atoms with Gasteiger partial charge in [-0.2, -0.15) is 0 Å². The molecule has 0 atom stereocenters. The Bertz CT molecular complexity index is 1630. The van der Waals surface area contributed by atoms with Crippen molar-refractivity contribution in [3.05, 3.63) is 130 Å². The Balaban J connectivity index is 1.45. The van der Waals surface area contributed by atoms with Gasteiger partial charge in [-0.05, 0) is 66.2 Å². The molecule has 4 aromatic rings. The molecule has 0 aliphatic heterocycles. The summed E-state index contributed by atoms with van der Waals surface area (Å²) in [4.78, 5) is 51.0. The molecule has 41 heavy (non-hydrogen) atoms. The van der Waals surface area contributed by atoms with Crippen molar-refractivity contribution in [3.63, 3.8) is 0 Å². The van der Waals surface area contributed by atoms with E-state index in [0.29, 0.717) is 22.5 Å². The minimum absolute atomic E-state index is 0.0579. The first kappa shape index (κ1) is 29.3. The molecule has 0 aliphatic rings. The van der Waals surface area contributed by atoms with Crippen molar-refractivity contribution in [2.45, 2.75) is 4.90 Å². The van der Waals surface area contributed by atoms with Crippen LogP contribution >= 0.6 is 27.7 Å². The van der Waals surface area contributed by atoms with Crippen molar-refractivity contribution in [2.24, 2.45) is 5.73 Å². The molecule has 0 unspecified atom stereocenters. The minimum Gasteiger partial charge on any atom is -0.366 e. The highest BCUT2D eigenvalue weighted by molar-refractivity contribution is 9.10. The van der Waals surface area contributed by atoms with Crippen LogP contribution in [0.1, 0.15) is 26.3 Å². The van der Waals surface area contributed by atoms with E-state index < -0.39 is 17.7 Å². The summed E-state index contributed by atoms with van der Waals surface area (Å²) in [6.45, 7) is 0. The second-order valence-corrected chi connectivity index (χ2v) is 10.6. The predicted octanol–water partition coefficient (Wildman–Crippen LogP) is 5.69. The van der Waals surface area contributed by atoms with Gasteiger partial charge in [0.15, 0.2) is 0 Å². The van der Waals surface area contributed by atoms with Crippen LogP contribution in [0.2, 0.25) is 0 Å². The molecule has 0 saturated heterocycles. The van der Waals surface area contributed by atoms with Gasteiger partial charge in [0.25, 0.3) is 17.7 Å². The van der Waals surface area contributed by atoms with Crippen molar-refractivity contribution in [1.29, 1.82) is 0 Å². The SMILES string of the molecule is NC(=O)c1ccccc1NC(=O)CSc1cccc(NC(=O)/C(=C\c2cccc(Br)c2)NC(=O)c2ccccc2)c1. The standard InChI is InChI=1S/C31H25BrN4O4S/c32-22-11-6-8-20(16-22)17-27(36-30(39)21-9-2-1-3-10-21)31(40)34-23-12-7-13-24(18-23)41-19-28(37)35-26-15-5-4-14-25(26)29(33)38/h1-18H,19H2,(H2,33,38)(H,34,40)(H,35,37)(H,36,39)/b27-17+. The molecule has 206 valence electrons. The van der Waals surface area contributed by atoms with Crippen LogP contribution in [0, 0.1) is 0 Å². The van der Waals surface area contributed by atoms with E-state index in [1.165, 1.54) is 11.8 Å². The lowest BCUT2D eigenvalue weighted by molar-refractivity contribution is -0.114. The fraction of sp³-hybridized carbons (Fsp3) is 0.0323. The maximum atomic E-state index is 13.3. The van der Waals surface area contributed by atoms with Crippen molar-refractivity contribution >= 4 is 68.8 Å². The average molecular weight is 630 g/mol. The number of primary amides is 1. The second kappa shape index (κ2) is 14.1. The molecule has 5 N–H and O–H groups in total. The normalized spacial score (nSPS) is 10.9. The van der Waals surface area contributed by atoms with Gasteiger partial charge in [-0.1, -0.05) is 64.5 Å². The van der Waals surface area contributed by atoms with Crippen LogP contribution < -0.4 is 21.7 Å². The number of para-hydroxylation sites is 1. The number of thioether (sulfide) groups is 1. The summed E-state index contributed by atoms with van der Waals surface area (Å²) < 4.78 is 0.826. The number of halogens is 1. The van der Waals surface area contributed by atoms with Gasteiger partial charge in [0.2, 0.25) is 5.91 Å². The van der Waals surface area contributed by atoms with E-state index in [1.54, 1.807) is 84.9 Å². The highest BCUT2D eigenvalue weighted by Gasteiger charge is 2.16. The summed E-state index contributed by atoms with van der Waals surface area (Å²) in [7, 11) is 0. The third-order valence-corrected chi connectivity index (χ3v) is 7.10. The summed E-state index contributed by atoms with van der Waals surface area (Å²) in [6.07, 6.45) is 1.59. The Morgan fingerprint density at radius 2 is 1.54 bits per heavy atom. The van der Waals surface area contributed by atoms with Crippen LogP contribution in [0.25, 0.3) is 6.08 Å². The van der Waals surface area contributed by atoms with Crippen LogP contribution in [0.3, 0.4) is 0 Å². The van der Waals surface area contributed by atoms with Gasteiger partial charge in [0.1, 0.15) is 5.70 Å². The first-order valence-electron chi connectivity index (χ1n) is 12.3. The molecular weight excluding hydrogens is 604 g/mol. The molecule has 8 nitrogen and oxygen atoms in total. The zero-order valence-corrected chi connectivity index (χ0v) is 24.0. The lowest BCUT2D eigenvalue weighted by Crippen LogP contribution is -2.30. The quantitative estimate of drug-likeness (QED) is 0.132. The van der Waals surface area contributed by atoms with E-state index in [-0.39, 0.29) is 22.9 Å². The molecule has 4 aromatic carbocycles. The van der Waals surface area contributed by atoms with Gasteiger partial charge in [0.05, 0.1) is 17.0 Å². The third kappa shape index (κ3) is 8.66. The van der Waals surface area contributed by atoms with Gasteiger partial charge >= 0.3 is 0 Å². The lowest BCUT2D eigenvalue weighted by Gasteiger charge is -2.12. The molecule has 4 amide bonds. The van der Waals surface area contributed by atoms with Crippen molar-refractivity contribution in [2.75, 3.05) is 16.4 Å². The molecule has 0 bridgehead atoms. The van der Waals surface area contributed by atoms with Crippen molar-refractivity contribution in [1.82, 2.24) is 5.32 Å². The number of carbonyl (C=O) groups is 4. The number of rotatable bonds is 10. The molecule has 0 heterocycles. The molecule has 10 heteroatoms. The average Bonchev–Trinajstić information content (AvgIpc) is 2.96. The van der Waals surface area contributed by atoms with Gasteiger partial charge in [-0.25, -0.2) is 0 Å². The molecule has 4 rings (SSSR count). The summed E-state index contributed by atoms with van der Waals surface area (Å²) in [6, 6.07) is 29.4. The Kier molecular flexibility index (Phi) is 10.1. The van der Waals surface area contributed by atoms with E-state index >= 15 is 0 Å². The first-order chi connectivity index (χ1) is 19.8. The van der Waals surface area contributed by atoms with Gasteiger partial charge in [-0.15, -0.1) is 11.8 Å². The smallest absolute Gasteiger partial charge is 0.272 e. The van der Waals surface area contributed by atoms with E-state index in [2.05, 4.69) is 31.9 Å². The first-order valence-corrected chi connectivity index (χ1v) is 14.1. The van der Waals surface area contributed by atoms with Crippen LogP contribution in [0.15, 0.2) is 118 Å². The third-order valence-electron chi connectivity index (χ3n) is 5.62. The highest BCUT2D eigenvalue weighted by Crippen LogP contribution is 2.23. The number of amides is 4. The van der Waals surface area contributed by atoms with Crippen molar-refractivity contribution < 1.29 is 19.2 Å². The van der Waals surface area contributed by atoms with Crippen LogP contribution in [0.5, 0.6) is 0 Å². The van der Waals surface area contributed by atoms with E-state index in [0.717, 1.165) is 9.37 Å². The fourth-order valence-electron chi connectivity index (χ4n) is 3.71. The fourth-order valence-corrected chi connectivity index (χ4v) is 4.88. The number of hydrogen-bond acceptors (Lipinski definition) is 5.